The summed E-state index contributed by atoms with van der Waals surface area (Å²) >= 11 is 0. The van der Waals surface area contributed by atoms with Gasteiger partial charge in [-0.15, -0.1) is 0 Å². The van der Waals surface area contributed by atoms with Crippen molar-refractivity contribution in [1.82, 2.24) is 0 Å². The molecule has 0 radical (unpaired) electrons. The fourth-order valence-electron chi connectivity index (χ4n) is 4.59. The average molecular weight is 240 g/mol. The van der Waals surface area contributed by atoms with Crippen LogP contribution in [0, 0.1) is 0 Å². The van der Waals surface area contributed by atoms with Gasteiger partial charge in [0.1, 0.15) is 6.04 Å². The van der Waals surface area contributed by atoms with Gasteiger partial charge in [-0.25, -0.2) is 0 Å². The van der Waals surface area contributed by atoms with Gasteiger partial charge in [0.15, 0.2) is 0 Å². The van der Waals surface area contributed by atoms with Crippen molar-refractivity contribution in [2.75, 3.05) is 20.1 Å². The lowest BCUT2D eigenvalue weighted by molar-refractivity contribution is -0.917. The van der Waals surface area contributed by atoms with Crippen molar-refractivity contribution >= 4 is 5.57 Å². The number of fused-ring (bicyclic) bond motifs is 4. The number of nitrogens with zero attached hydrogens (tertiary/aromatic N) is 1. The monoisotopic (exact) mass is 240 g/mol. The van der Waals surface area contributed by atoms with Gasteiger partial charge in [-0.2, -0.15) is 0 Å². The van der Waals surface area contributed by atoms with Gasteiger partial charge in [-0.3, -0.25) is 0 Å². The Morgan fingerprint density at radius 1 is 1.06 bits per heavy atom. The predicted octanol–water partition coefficient (Wildman–Crippen LogP) is 3.40. The molecule has 2 atom stereocenters. The molecule has 2 unspecified atom stereocenters. The van der Waals surface area contributed by atoms with Crippen molar-refractivity contribution < 1.29 is 4.48 Å². The maximum Gasteiger partial charge on any atom is 0.111 e. The highest BCUT2D eigenvalue weighted by Gasteiger charge is 2.44. The highest BCUT2D eigenvalue weighted by Crippen LogP contribution is 2.45. The van der Waals surface area contributed by atoms with Crippen LogP contribution in [-0.4, -0.2) is 30.7 Å². The first-order valence-corrected chi connectivity index (χ1v) is 7.42. The van der Waals surface area contributed by atoms with Crippen molar-refractivity contribution in [3.63, 3.8) is 0 Å². The molecule has 1 aromatic rings. The molecule has 0 aromatic heterocycles. The first-order valence-electron chi connectivity index (χ1n) is 7.42. The number of rotatable bonds is 0. The summed E-state index contributed by atoms with van der Waals surface area (Å²) in [6, 6.07) is 9.95. The van der Waals surface area contributed by atoms with Gasteiger partial charge >= 0.3 is 0 Å². The fourth-order valence-corrected chi connectivity index (χ4v) is 4.59. The Morgan fingerprint density at radius 2 is 1.94 bits per heavy atom. The molecule has 2 aliphatic heterocycles. The van der Waals surface area contributed by atoms with E-state index >= 15 is 0 Å². The SMILES string of the molecule is C[N+]12CCCC1C1=C(CC2)c2ccccc2CC1. The van der Waals surface area contributed by atoms with Crippen LogP contribution in [0.5, 0.6) is 0 Å². The average Bonchev–Trinajstić information content (AvgIpc) is 2.80. The zero-order valence-corrected chi connectivity index (χ0v) is 11.3. The first kappa shape index (κ1) is 10.8. The van der Waals surface area contributed by atoms with Crippen LogP contribution in [0.15, 0.2) is 29.8 Å². The molecule has 1 heteroatoms. The standard InChI is InChI=1S/C17H22N/c1-18-11-4-7-17(18)16-9-8-13-5-2-3-6-14(13)15(16)10-12-18/h2-3,5-6,17H,4,7-12H2,1H3/q+1. The third kappa shape index (κ3) is 1.37. The maximum absolute atomic E-state index is 2.49. The number of benzene rings is 1. The van der Waals surface area contributed by atoms with Crippen molar-refractivity contribution in [2.45, 2.75) is 38.1 Å². The van der Waals surface area contributed by atoms with Crippen LogP contribution in [0.25, 0.3) is 5.57 Å². The molecular formula is C17H22N+. The predicted molar refractivity (Wildman–Crippen MR) is 75.2 cm³/mol. The van der Waals surface area contributed by atoms with Crippen molar-refractivity contribution in [1.29, 1.82) is 0 Å². The van der Waals surface area contributed by atoms with Crippen LogP contribution < -0.4 is 0 Å². The molecule has 1 saturated heterocycles. The van der Waals surface area contributed by atoms with Crippen molar-refractivity contribution in [3.05, 3.63) is 41.0 Å². The molecule has 0 N–H and O–H groups in total. The zero-order valence-electron chi connectivity index (χ0n) is 11.3. The van der Waals surface area contributed by atoms with Gasteiger partial charge in [0, 0.05) is 19.3 Å². The van der Waals surface area contributed by atoms with Crippen LogP contribution in [0.1, 0.15) is 36.8 Å². The summed E-state index contributed by atoms with van der Waals surface area (Å²) in [5.74, 6) is 0. The van der Waals surface area contributed by atoms with Crippen molar-refractivity contribution in [3.8, 4) is 0 Å². The van der Waals surface area contributed by atoms with Crippen molar-refractivity contribution in [2.24, 2.45) is 0 Å². The number of hydrogen-bond donors (Lipinski definition) is 0. The molecule has 0 amide bonds. The van der Waals surface area contributed by atoms with E-state index in [0.717, 1.165) is 6.04 Å². The van der Waals surface area contributed by atoms with Gasteiger partial charge < -0.3 is 4.48 Å². The lowest BCUT2D eigenvalue weighted by Gasteiger charge is -2.44. The third-order valence-corrected chi connectivity index (χ3v) is 5.57. The lowest BCUT2D eigenvalue weighted by Crippen LogP contribution is -2.52. The molecule has 1 nitrogen and oxygen atoms in total. The number of likely N-dealkylation sites (N-methyl/N-ethyl adjacent to an activating group) is 1. The second kappa shape index (κ2) is 3.71. The minimum Gasteiger partial charge on any atom is -0.320 e. The highest BCUT2D eigenvalue weighted by atomic mass is 15.4. The normalized spacial score (nSPS) is 33.9. The van der Waals surface area contributed by atoms with Crippen LogP contribution in [0.4, 0.5) is 0 Å². The summed E-state index contributed by atoms with van der Waals surface area (Å²) in [5, 5.41) is 0. The summed E-state index contributed by atoms with van der Waals surface area (Å²) < 4.78 is 1.33. The van der Waals surface area contributed by atoms with Crippen LogP contribution in [-0.2, 0) is 6.42 Å². The van der Waals surface area contributed by atoms with Crippen LogP contribution in [0.3, 0.4) is 0 Å². The third-order valence-electron chi connectivity index (χ3n) is 5.57. The lowest BCUT2D eigenvalue weighted by atomic mass is 9.78. The van der Waals surface area contributed by atoms with Gasteiger partial charge in [-0.05, 0) is 35.1 Å². The topological polar surface area (TPSA) is 0 Å². The summed E-state index contributed by atoms with van der Waals surface area (Å²) in [5.41, 5.74) is 6.71. The molecule has 1 aliphatic carbocycles. The van der Waals surface area contributed by atoms with Gasteiger partial charge in [-0.1, -0.05) is 24.3 Å². The quantitative estimate of drug-likeness (QED) is 0.610. The second-order valence-corrected chi connectivity index (χ2v) is 6.50. The molecule has 1 fully saturated rings. The highest BCUT2D eigenvalue weighted by molar-refractivity contribution is 5.74. The summed E-state index contributed by atoms with van der Waals surface area (Å²) in [6.07, 6.45) is 6.76. The van der Waals surface area contributed by atoms with Crippen LogP contribution in [0.2, 0.25) is 0 Å². The van der Waals surface area contributed by atoms with E-state index in [9.17, 15) is 0 Å². The minimum atomic E-state index is 0.849. The minimum absolute atomic E-state index is 0.849. The summed E-state index contributed by atoms with van der Waals surface area (Å²) in [6.45, 7) is 2.76. The molecule has 1 aromatic carbocycles. The Balaban J connectivity index is 1.85. The van der Waals surface area contributed by atoms with E-state index in [1.54, 1.807) is 16.7 Å². The molecule has 0 spiro atoms. The molecule has 3 aliphatic rings. The fraction of sp³-hybridized carbons (Fsp3) is 0.529. The largest absolute Gasteiger partial charge is 0.320 e. The Labute approximate surface area is 110 Å². The van der Waals surface area contributed by atoms with E-state index in [1.165, 1.54) is 49.7 Å². The Morgan fingerprint density at radius 3 is 2.89 bits per heavy atom. The van der Waals surface area contributed by atoms with E-state index in [0.29, 0.717) is 0 Å². The maximum atomic E-state index is 2.49. The molecular weight excluding hydrogens is 218 g/mol. The summed E-state index contributed by atoms with van der Waals surface area (Å²) in [7, 11) is 2.49. The van der Waals surface area contributed by atoms with E-state index in [4.69, 9.17) is 0 Å². The van der Waals surface area contributed by atoms with Gasteiger partial charge in [0.2, 0.25) is 0 Å². The molecule has 4 rings (SSSR count). The molecule has 0 bridgehead atoms. The van der Waals surface area contributed by atoms with E-state index in [-0.39, 0.29) is 0 Å². The Bertz CT molecular complexity index is 528. The van der Waals surface area contributed by atoms with E-state index in [1.807, 2.05) is 5.57 Å². The van der Waals surface area contributed by atoms with Gasteiger partial charge in [0.05, 0.1) is 20.1 Å². The molecule has 2 heterocycles. The number of hydrogen-bond acceptors (Lipinski definition) is 0. The molecule has 18 heavy (non-hydrogen) atoms. The van der Waals surface area contributed by atoms with E-state index < -0.39 is 0 Å². The van der Waals surface area contributed by atoms with E-state index in [2.05, 4.69) is 31.3 Å². The Hall–Kier alpha value is -1.08. The smallest absolute Gasteiger partial charge is 0.111 e. The molecule has 94 valence electrons. The van der Waals surface area contributed by atoms with Crippen LogP contribution >= 0.6 is 0 Å². The van der Waals surface area contributed by atoms with Gasteiger partial charge in [0.25, 0.3) is 0 Å². The number of aryl methyl sites for hydroxylation is 1. The summed E-state index contributed by atoms with van der Waals surface area (Å²) in [4.78, 5) is 0. The molecule has 0 saturated carbocycles. The first-order chi connectivity index (χ1) is 8.78. The Kier molecular flexibility index (Phi) is 2.23. The second-order valence-electron chi connectivity index (χ2n) is 6.50. The number of quaternary nitrogens is 1. The zero-order chi connectivity index (χ0) is 12.2.